The molecular weight excluding hydrogens is 266 g/mol. The maximum absolute atomic E-state index is 5.87. The van der Waals surface area contributed by atoms with Crippen LogP contribution in [-0.2, 0) is 13.2 Å². The number of ether oxygens (including phenoxy) is 3. The van der Waals surface area contributed by atoms with E-state index in [0.29, 0.717) is 24.7 Å². The molecule has 4 nitrogen and oxygen atoms in total. The van der Waals surface area contributed by atoms with E-state index in [9.17, 15) is 0 Å². The lowest BCUT2D eigenvalue weighted by Gasteiger charge is -2.13. The number of hydrogen-bond donors (Lipinski definition) is 1. The predicted molar refractivity (Wildman–Crippen MR) is 82.9 cm³/mol. The van der Waals surface area contributed by atoms with Gasteiger partial charge in [-0.15, -0.1) is 0 Å². The van der Waals surface area contributed by atoms with Crippen LogP contribution in [0.2, 0.25) is 0 Å². The molecule has 2 rings (SSSR count). The van der Waals surface area contributed by atoms with Crippen molar-refractivity contribution in [2.24, 2.45) is 5.73 Å². The van der Waals surface area contributed by atoms with E-state index in [-0.39, 0.29) is 0 Å². The van der Waals surface area contributed by atoms with Crippen molar-refractivity contribution < 1.29 is 14.2 Å². The molecule has 112 valence electrons. The molecule has 0 aliphatic carbocycles. The van der Waals surface area contributed by atoms with Crippen molar-refractivity contribution in [3.05, 3.63) is 53.1 Å². The normalized spacial score (nSPS) is 10.3. The molecular formula is C17H21NO3. The van der Waals surface area contributed by atoms with Crippen molar-refractivity contribution in [3.63, 3.8) is 0 Å². The first-order valence-corrected chi connectivity index (χ1v) is 6.81. The van der Waals surface area contributed by atoms with Gasteiger partial charge < -0.3 is 19.9 Å². The van der Waals surface area contributed by atoms with Gasteiger partial charge >= 0.3 is 0 Å². The molecule has 2 aromatic carbocycles. The highest BCUT2D eigenvalue weighted by molar-refractivity contribution is 5.43. The van der Waals surface area contributed by atoms with Crippen LogP contribution in [0.25, 0.3) is 0 Å². The zero-order chi connectivity index (χ0) is 15.2. The number of rotatable bonds is 6. The molecule has 0 atom stereocenters. The summed E-state index contributed by atoms with van der Waals surface area (Å²) in [5.74, 6) is 2.22. The van der Waals surface area contributed by atoms with Crippen molar-refractivity contribution in [1.82, 2.24) is 0 Å². The molecule has 0 aliphatic heterocycles. The Labute approximate surface area is 125 Å². The fraction of sp³-hybridized carbons (Fsp3) is 0.294. The van der Waals surface area contributed by atoms with Crippen LogP contribution in [0.3, 0.4) is 0 Å². The summed E-state index contributed by atoms with van der Waals surface area (Å²) in [5, 5.41) is 0. The van der Waals surface area contributed by atoms with Crippen LogP contribution in [-0.4, -0.2) is 14.2 Å². The summed E-state index contributed by atoms with van der Waals surface area (Å²) in [4.78, 5) is 0. The zero-order valence-electron chi connectivity index (χ0n) is 12.7. The van der Waals surface area contributed by atoms with Gasteiger partial charge in [-0.25, -0.2) is 0 Å². The molecule has 0 saturated carbocycles. The third-order valence-electron chi connectivity index (χ3n) is 3.28. The van der Waals surface area contributed by atoms with E-state index in [0.717, 1.165) is 16.9 Å². The maximum Gasteiger partial charge on any atom is 0.161 e. The largest absolute Gasteiger partial charge is 0.493 e. The Balaban J connectivity index is 2.13. The van der Waals surface area contributed by atoms with E-state index in [1.807, 2.05) is 43.3 Å². The van der Waals surface area contributed by atoms with Gasteiger partial charge in [-0.3, -0.25) is 0 Å². The summed E-state index contributed by atoms with van der Waals surface area (Å²) in [6.45, 7) is 2.95. The first-order valence-electron chi connectivity index (χ1n) is 6.81. The van der Waals surface area contributed by atoms with E-state index in [1.165, 1.54) is 5.56 Å². The second-order valence-corrected chi connectivity index (χ2v) is 4.79. The lowest BCUT2D eigenvalue weighted by molar-refractivity contribution is 0.300. The van der Waals surface area contributed by atoms with Crippen molar-refractivity contribution >= 4 is 0 Å². The average molecular weight is 287 g/mol. The molecule has 0 aliphatic rings. The Morgan fingerprint density at radius 1 is 0.905 bits per heavy atom. The molecule has 2 aromatic rings. The Bertz CT molecular complexity index is 611. The molecule has 0 aromatic heterocycles. The van der Waals surface area contributed by atoms with Gasteiger partial charge in [0.2, 0.25) is 0 Å². The lowest BCUT2D eigenvalue weighted by Crippen LogP contribution is -2.03. The van der Waals surface area contributed by atoms with Crippen LogP contribution in [0, 0.1) is 6.92 Å². The molecule has 0 fully saturated rings. The second-order valence-electron chi connectivity index (χ2n) is 4.79. The first kappa shape index (κ1) is 15.2. The van der Waals surface area contributed by atoms with Gasteiger partial charge in [0.05, 0.1) is 14.2 Å². The van der Waals surface area contributed by atoms with Gasteiger partial charge in [0, 0.05) is 12.1 Å². The number of benzene rings is 2. The van der Waals surface area contributed by atoms with Crippen molar-refractivity contribution in [1.29, 1.82) is 0 Å². The van der Waals surface area contributed by atoms with E-state index in [1.54, 1.807) is 14.2 Å². The van der Waals surface area contributed by atoms with Crippen molar-refractivity contribution in [3.8, 4) is 17.2 Å². The minimum Gasteiger partial charge on any atom is -0.493 e. The molecule has 0 unspecified atom stereocenters. The topological polar surface area (TPSA) is 53.7 Å². The van der Waals surface area contributed by atoms with Gasteiger partial charge in [0.1, 0.15) is 12.4 Å². The van der Waals surface area contributed by atoms with E-state index in [2.05, 4.69) is 0 Å². The van der Waals surface area contributed by atoms with Gasteiger partial charge in [-0.1, -0.05) is 23.8 Å². The van der Waals surface area contributed by atoms with Crippen LogP contribution in [0.4, 0.5) is 0 Å². The van der Waals surface area contributed by atoms with Gasteiger partial charge in [-0.05, 0) is 30.7 Å². The molecule has 21 heavy (non-hydrogen) atoms. The van der Waals surface area contributed by atoms with Crippen LogP contribution in [0.1, 0.15) is 16.7 Å². The SMILES string of the molecule is COc1ccc(COc2ccc(C)cc2CN)cc1OC. The Morgan fingerprint density at radius 2 is 1.62 bits per heavy atom. The Hall–Kier alpha value is -2.20. The van der Waals surface area contributed by atoms with Crippen LogP contribution < -0.4 is 19.9 Å². The summed E-state index contributed by atoms with van der Waals surface area (Å²) in [5.41, 5.74) is 8.95. The summed E-state index contributed by atoms with van der Waals surface area (Å²) >= 11 is 0. The minimum absolute atomic E-state index is 0.455. The number of methoxy groups -OCH3 is 2. The fourth-order valence-electron chi connectivity index (χ4n) is 2.14. The number of nitrogens with two attached hydrogens (primary N) is 1. The van der Waals surface area contributed by atoms with Gasteiger partial charge in [-0.2, -0.15) is 0 Å². The zero-order valence-corrected chi connectivity index (χ0v) is 12.7. The van der Waals surface area contributed by atoms with Gasteiger partial charge in [0.25, 0.3) is 0 Å². The van der Waals surface area contributed by atoms with Crippen LogP contribution in [0.15, 0.2) is 36.4 Å². The molecule has 0 heterocycles. The highest BCUT2D eigenvalue weighted by atomic mass is 16.5. The van der Waals surface area contributed by atoms with Crippen LogP contribution >= 0.6 is 0 Å². The van der Waals surface area contributed by atoms with E-state index < -0.39 is 0 Å². The third-order valence-corrected chi connectivity index (χ3v) is 3.28. The van der Waals surface area contributed by atoms with Crippen molar-refractivity contribution in [2.45, 2.75) is 20.1 Å². The molecule has 0 spiro atoms. The highest BCUT2D eigenvalue weighted by Crippen LogP contribution is 2.28. The summed E-state index contributed by atoms with van der Waals surface area (Å²) in [6, 6.07) is 11.8. The molecule has 4 heteroatoms. The molecule has 0 radical (unpaired) electrons. The monoisotopic (exact) mass is 287 g/mol. The van der Waals surface area contributed by atoms with E-state index in [4.69, 9.17) is 19.9 Å². The standard InChI is InChI=1S/C17H21NO3/c1-12-4-6-15(14(8-12)10-18)21-11-13-5-7-16(19-2)17(9-13)20-3/h4-9H,10-11,18H2,1-3H3. The van der Waals surface area contributed by atoms with E-state index >= 15 is 0 Å². The number of hydrogen-bond acceptors (Lipinski definition) is 4. The minimum atomic E-state index is 0.455. The summed E-state index contributed by atoms with van der Waals surface area (Å²) < 4.78 is 16.4. The predicted octanol–water partition coefficient (Wildman–Crippen LogP) is 3.05. The Morgan fingerprint density at radius 3 is 2.29 bits per heavy atom. The average Bonchev–Trinajstić information content (AvgIpc) is 2.53. The maximum atomic E-state index is 5.87. The summed E-state index contributed by atoms with van der Waals surface area (Å²) in [6.07, 6.45) is 0. The Kier molecular flexibility index (Phi) is 5.06. The smallest absolute Gasteiger partial charge is 0.161 e. The quantitative estimate of drug-likeness (QED) is 0.887. The van der Waals surface area contributed by atoms with Crippen molar-refractivity contribution in [2.75, 3.05) is 14.2 Å². The molecule has 2 N–H and O–H groups in total. The van der Waals surface area contributed by atoms with Crippen LogP contribution in [0.5, 0.6) is 17.2 Å². The molecule has 0 amide bonds. The fourth-order valence-corrected chi connectivity index (χ4v) is 2.14. The lowest BCUT2D eigenvalue weighted by atomic mass is 10.1. The second kappa shape index (κ2) is 6.99. The highest BCUT2D eigenvalue weighted by Gasteiger charge is 2.07. The number of aryl methyl sites for hydroxylation is 1. The molecule has 0 saturated heterocycles. The third kappa shape index (κ3) is 3.67. The summed E-state index contributed by atoms with van der Waals surface area (Å²) in [7, 11) is 3.24. The first-order chi connectivity index (χ1) is 10.2. The van der Waals surface area contributed by atoms with Gasteiger partial charge in [0.15, 0.2) is 11.5 Å². The molecule has 0 bridgehead atoms.